The highest BCUT2D eigenvalue weighted by Gasteiger charge is 2.05. The molecule has 100 valence electrons. The van der Waals surface area contributed by atoms with Crippen LogP contribution in [-0.2, 0) is 13.0 Å². The Bertz CT molecular complexity index is 561. The maximum Gasteiger partial charge on any atom is 0.224 e. The van der Waals surface area contributed by atoms with Crippen LogP contribution in [0.25, 0.3) is 0 Å². The molecule has 0 atom stereocenters. The summed E-state index contributed by atoms with van der Waals surface area (Å²) in [5.41, 5.74) is 0.784. The number of halogens is 1. The molecule has 0 unspecified atom stereocenters. The number of rotatable bonds is 5. The fraction of sp³-hybridized carbons (Fsp3) is 0.286. The summed E-state index contributed by atoms with van der Waals surface area (Å²) in [5.74, 6) is 1.70. The Balaban J connectivity index is 2.22. The van der Waals surface area contributed by atoms with Crippen LogP contribution in [0.3, 0.4) is 0 Å². The maximum atomic E-state index is 9.08. The lowest BCUT2D eigenvalue weighted by atomic mass is 10.2. The third-order valence-electron chi connectivity index (χ3n) is 2.49. The van der Waals surface area contributed by atoms with Crippen LogP contribution in [0.2, 0.25) is 5.15 Å². The molecule has 2 aromatic rings. The molecular formula is C14H15ClN2O2. The second-order valence-corrected chi connectivity index (χ2v) is 4.49. The van der Waals surface area contributed by atoms with E-state index < -0.39 is 0 Å². The van der Waals surface area contributed by atoms with Crippen LogP contribution in [0.5, 0.6) is 11.6 Å². The first-order valence-electron chi connectivity index (χ1n) is 6.12. The number of aliphatic hydroxyl groups is 1. The van der Waals surface area contributed by atoms with Crippen LogP contribution in [0.1, 0.15) is 24.7 Å². The van der Waals surface area contributed by atoms with E-state index in [9.17, 15) is 0 Å². The minimum absolute atomic E-state index is 0.0250. The van der Waals surface area contributed by atoms with Gasteiger partial charge in [-0.25, -0.2) is 4.98 Å². The van der Waals surface area contributed by atoms with Crippen molar-refractivity contribution in [3.63, 3.8) is 0 Å². The molecule has 0 radical (unpaired) electrons. The summed E-state index contributed by atoms with van der Waals surface area (Å²) in [4.78, 5) is 8.43. The second-order valence-electron chi connectivity index (χ2n) is 4.10. The van der Waals surface area contributed by atoms with Gasteiger partial charge in [-0.15, -0.1) is 0 Å². The van der Waals surface area contributed by atoms with Gasteiger partial charge in [-0.1, -0.05) is 30.7 Å². The zero-order chi connectivity index (χ0) is 13.7. The molecule has 1 N–H and O–H groups in total. The van der Waals surface area contributed by atoms with Gasteiger partial charge < -0.3 is 9.84 Å². The predicted octanol–water partition coefficient (Wildman–Crippen LogP) is 3.37. The van der Waals surface area contributed by atoms with Crippen molar-refractivity contribution >= 4 is 11.6 Å². The third-order valence-corrected chi connectivity index (χ3v) is 2.69. The van der Waals surface area contributed by atoms with Gasteiger partial charge in [0.2, 0.25) is 5.88 Å². The fourth-order valence-corrected chi connectivity index (χ4v) is 1.85. The first kappa shape index (κ1) is 13.8. The van der Waals surface area contributed by atoms with Gasteiger partial charge in [-0.05, 0) is 24.1 Å². The molecule has 1 heterocycles. The normalized spacial score (nSPS) is 10.5. The van der Waals surface area contributed by atoms with Gasteiger partial charge in [-0.3, -0.25) is 0 Å². The zero-order valence-electron chi connectivity index (χ0n) is 10.6. The van der Waals surface area contributed by atoms with Gasteiger partial charge in [0.25, 0.3) is 0 Å². The van der Waals surface area contributed by atoms with Crippen molar-refractivity contribution in [2.75, 3.05) is 0 Å². The molecule has 0 aliphatic heterocycles. The molecule has 19 heavy (non-hydrogen) atoms. The average molecular weight is 279 g/mol. The molecule has 4 nitrogen and oxygen atoms in total. The van der Waals surface area contributed by atoms with E-state index in [1.165, 1.54) is 0 Å². The van der Waals surface area contributed by atoms with E-state index in [2.05, 4.69) is 16.9 Å². The molecule has 0 amide bonds. The maximum absolute atomic E-state index is 9.08. The molecule has 1 aromatic carbocycles. The minimum atomic E-state index is -0.0250. The Morgan fingerprint density at radius 3 is 2.84 bits per heavy atom. The molecule has 0 saturated heterocycles. The lowest BCUT2D eigenvalue weighted by Crippen LogP contribution is -1.98. The number of aliphatic hydroxyl groups excluding tert-OH is 1. The highest BCUT2D eigenvalue weighted by atomic mass is 35.5. The summed E-state index contributed by atoms with van der Waals surface area (Å²) in [6.07, 6.45) is 1.70. The van der Waals surface area contributed by atoms with Gasteiger partial charge in [0.1, 0.15) is 16.7 Å². The highest BCUT2D eigenvalue weighted by molar-refractivity contribution is 6.29. The number of hydrogen-bond donors (Lipinski definition) is 1. The lowest BCUT2D eigenvalue weighted by Gasteiger charge is -2.07. The van der Waals surface area contributed by atoms with Crippen molar-refractivity contribution < 1.29 is 9.84 Å². The SMILES string of the molecule is CCCc1nc(Cl)cc(Oc2cccc(CO)c2)n1. The van der Waals surface area contributed by atoms with Crippen molar-refractivity contribution in [1.29, 1.82) is 0 Å². The Labute approximate surface area is 117 Å². The van der Waals surface area contributed by atoms with E-state index in [1.54, 1.807) is 18.2 Å². The standard InChI is InChI=1S/C14H15ClN2O2/c1-2-4-13-16-12(15)8-14(17-13)19-11-6-3-5-10(7-11)9-18/h3,5-8,18H,2,4,9H2,1H3. The lowest BCUT2D eigenvalue weighted by molar-refractivity contribution is 0.281. The first-order chi connectivity index (χ1) is 9.21. The van der Waals surface area contributed by atoms with Crippen molar-refractivity contribution in [3.8, 4) is 11.6 Å². The Morgan fingerprint density at radius 2 is 2.11 bits per heavy atom. The first-order valence-corrected chi connectivity index (χ1v) is 6.50. The van der Waals surface area contributed by atoms with Crippen molar-refractivity contribution in [2.45, 2.75) is 26.4 Å². The van der Waals surface area contributed by atoms with Crippen LogP contribution >= 0.6 is 11.6 Å². The van der Waals surface area contributed by atoms with E-state index in [1.807, 2.05) is 12.1 Å². The van der Waals surface area contributed by atoms with E-state index >= 15 is 0 Å². The molecule has 2 rings (SSSR count). The quantitative estimate of drug-likeness (QED) is 0.852. The Kier molecular flexibility index (Phi) is 4.71. The van der Waals surface area contributed by atoms with Gasteiger partial charge in [0.05, 0.1) is 6.61 Å². The topological polar surface area (TPSA) is 55.2 Å². The summed E-state index contributed by atoms with van der Waals surface area (Å²) in [5, 5.41) is 9.45. The summed E-state index contributed by atoms with van der Waals surface area (Å²) < 4.78 is 5.64. The van der Waals surface area contributed by atoms with Gasteiger partial charge in [0.15, 0.2) is 0 Å². The van der Waals surface area contributed by atoms with Gasteiger partial charge in [0, 0.05) is 12.5 Å². The number of ether oxygens (including phenoxy) is 1. The molecule has 0 spiro atoms. The number of aryl methyl sites for hydroxylation is 1. The highest BCUT2D eigenvalue weighted by Crippen LogP contribution is 2.23. The van der Waals surface area contributed by atoms with Crippen LogP contribution in [-0.4, -0.2) is 15.1 Å². The Hall–Kier alpha value is -1.65. The summed E-state index contributed by atoms with van der Waals surface area (Å²) >= 11 is 5.94. The fourth-order valence-electron chi connectivity index (χ4n) is 1.66. The number of hydrogen-bond acceptors (Lipinski definition) is 4. The van der Waals surface area contributed by atoms with Crippen LogP contribution in [0, 0.1) is 0 Å². The summed E-state index contributed by atoms with van der Waals surface area (Å²) in [6.45, 7) is 2.03. The van der Waals surface area contributed by atoms with Crippen LogP contribution in [0.4, 0.5) is 0 Å². The van der Waals surface area contributed by atoms with Crippen LogP contribution in [0.15, 0.2) is 30.3 Å². The zero-order valence-corrected chi connectivity index (χ0v) is 11.4. The summed E-state index contributed by atoms with van der Waals surface area (Å²) in [7, 11) is 0. The molecule has 0 saturated carbocycles. The number of nitrogens with zero attached hydrogens (tertiary/aromatic N) is 2. The van der Waals surface area contributed by atoms with Crippen molar-refractivity contribution in [3.05, 3.63) is 46.9 Å². The van der Waals surface area contributed by atoms with E-state index in [4.69, 9.17) is 21.4 Å². The number of benzene rings is 1. The molecule has 0 bridgehead atoms. The summed E-state index contributed by atoms with van der Waals surface area (Å²) in [6, 6.07) is 8.77. The predicted molar refractivity (Wildman–Crippen MR) is 73.5 cm³/mol. The molecular weight excluding hydrogens is 264 g/mol. The average Bonchev–Trinajstić information content (AvgIpc) is 2.38. The van der Waals surface area contributed by atoms with E-state index in [0.29, 0.717) is 22.6 Å². The van der Waals surface area contributed by atoms with E-state index in [-0.39, 0.29) is 6.61 Å². The minimum Gasteiger partial charge on any atom is -0.439 e. The molecule has 0 aliphatic carbocycles. The molecule has 1 aromatic heterocycles. The largest absolute Gasteiger partial charge is 0.439 e. The smallest absolute Gasteiger partial charge is 0.224 e. The van der Waals surface area contributed by atoms with Gasteiger partial charge in [-0.2, -0.15) is 4.98 Å². The second kappa shape index (κ2) is 6.50. The van der Waals surface area contributed by atoms with Crippen LogP contribution < -0.4 is 4.74 Å². The van der Waals surface area contributed by atoms with Crippen molar-refractivity contribution in [2.24, 2.45) is 0 Å². The number of aromatic nitrogens is 2. The molecule has 0 aliphatic rings. The van der Waals surface area contributed by atoms with Crippen molar-refractivity contribution in [1.82, 2.24) is 9.97 Å². The third kappa shape index (κ3) is 3.91. The Morgan fingerprint density at radius 1 is 1.26 bits per heavy atom. The monoisotopic (exact) mass is 278 g/mol. The van der Waals surface area contributed by atoms with Gasteiger partial charge >= 0.3 is 0 Å². The van der Waals surface area contributed by atoms with E-state index in [0.717, 1.165) is 18.4 Å². The molecule has 0 fully saturated rings. The molecule has 5 heteroatoms.